The molecule has 0 bridgehead atoms. The van der Waals surface area contributed by atoms with Gasteiger partial charge in [0, 0.05) is 5.39 Å². The molecular weight excluding hydrogens is 279 g/mol. The summed E-state index contributed by atoms with van der Waals surface area (Å²) in [4.78, 5) is 7.74. The molecule has 1 saturated carbocycles. The molecule has 0 radical (unpaired) electrons. The molecule has 0 saturated heterocycles. The van der Waals surface area contributed by atoms with Gasteiger partial charge in [0.1, 0.15) is 0 Å². The number of nitrogens with two attached hydrogens (primary N) is 1. The van der Waals surface area contributed by atoms with E-state index in [0.717, 1.165) is 6.07 Å². The highest BCUT2D eigenvalue weighted by Gasteiger charge is 2.44. The molecule has 1 aliphatic rings. The summed E-state index contributed by atoms with van der Waals surface area (Å²) in [5.41, 5.74) is 4.74. The predicted octanol–water partition coefficient (Wildman–Crippen LogP) is 3.25. The first-order valence-electron chi connectivity index (χ1n) is 5.64. The van der Waals surface area contributed by atoms with Crippen molar-refractivity contribution in [1.29, 1.82) is 0 Å². The van der Waals surface area contributed by atoms with Crippen LogP contribution in [0.1, 0.15) is 24.1 Å². The second-order valence-electron chi connectivity index (χ2n) is 4.70. The minimum atomic E-state index is -4.49. The summed E-state index contributed by atoms with van der Waals surface area (Å²) < 4.78 is 38.9. The molecule has 0 atom stereocenters. The summed E-state index contributed by atoms with van der Waals surface area (Å²) in [6.07, 6.45) is -3.11. The molecule has 0 spiro atoms. The zero-order valence-corrected chi connectivity index (χ0v) is 10.4. The summed E-state index contributed by atoms with van der Waals surface area (Å²) in [5.74, 6) is 0. The first-order chi connectivity index (χ1) is 8.81. The maximum atomic E-state index is 13.0. The van der Waals surface area contributed by atoms with E-state index < -0.39 is 17.3 Å². The molecule has 7 heteroatoms. The Bertz CT molecular complexity index is 665. The zero-order chi connectivity index (χ0) is 13.8. The number of alkyl halides is 3. The van der Waals surface area contributed by atoms with E-state index in [1.807, 2.05) is 0 Å². The van der Waals surface area contributed by atoms with E-state index in [1.165, 1.54) is 6.07 Å². The minimum Gasteiger partial charge on any atom is -0.320 e. The Balaban J connectivity index is 2.36. The van der Waals surface area contributed by atoms with Crippen molar-refractivity contribution in [3.63, 3.8) is 0 Å². The van der Waals surface area contributed by atoms with Crippen LogP contribution in [0.15, 0.2) is 18.2 Å². The van der Waals surface area contributed by atoms with Crippen LogP contribution in [0, 0.1) is 0 Å². The van der Waals surface area contributed by atoms with Gasteiger partial charge < -0.3 is 5.73 Å². The number of benzene rings is 1. The molecule has 1 fully saturated rings. The molecule has 2 N–H and O–H groups in total. The van der Waals surface area contributed by atoms with E-state index in [2.05, 4.69) is 9.97 Å². The first kappa shape index (κ1) is 12.6. The van der Waals surface area contributed by atoms with E-state index in [9.17, 15) is 13.2 Å². The van der Waals surface area contributed by atoms with Gasteiger partial charge in [0.25, 0.3) is 0 Å². The van der Waals surface area contributed by atoms with Gasteiger partial charge in [0.2, 0.25) is 5.28 Å². The number of hydrogen-bond acceptors (Lipinski definition) is 3. The highest BCUT2D eigenvalue weighted by Crippen LogP contribution is 2.45. The lowest BCUT2D eigenvalue weighted by Gasteiger charge is -2.15. The van der Waals surface area contributed by atoms with Gasteiger partial charge in [-0.2, -0.15) is 13.2 Å². The lowest BCUT2D eigenvalue weighted by atomic mass is 10.0. The third-order valence-corrected chi connectivity index (χ3v) is 3.43. The molecule has 3 rings (SSSR count). The Morgan fingerprint density at radius 3 is 2.47 bits per heavy atom. The third-order valence-electron chi connectivity index (χ3n) is 3.26. The van der Waals surface area contributed by atoms with Crippen molar-refractivity contribution < 1.29 is 13.2 Å². The zero-order valence-electron chi connectivity index (χ0n) is 9.63. The average molecular weight is 288 g/mol. The second-order valence-corrected chi connectivity index (χ2v) is 5.03. The van der Waals surface area contributed by atoms with Gasteiger partial charge in [-0.05, 0) is 30.5 Å². The molecule has 1 heterocycles. The van der Waals surface area contributed by atoms with E-state index in [0.29, 0.717) is 23.9 Å². The molecule has 0 amide bonds. The molecule has 2 aromatic rings. The Morgan fingerprint density at radius 1 is 1.21 bits per heavy atom. The van der Waals surface area contributed by atoms with Gasteiger partial charge in [0.15, 0.2) is 0 Å². The predicted molar refractivity (Wildman–Crippen MR) is 64.6 cm³/mol. The SMILES string of the molecule is NC1(c2nc(Cl)nc3c(C(F)(F)F)cccc23)CC1. The standard InChI is InChI=1S/C12H9ClF3N3/c13-10-18-8-6(9(19-10)11(17)4-5-11)2-1-3-7(8)12(14,15)16/h1-3H,4-5,17H2. The number of halogens is 4. The molecular formula is C12H9ClF3N3. The Morgan fingerprint density at radius 2 is 1.89 bits per heavy atom. The smallest absolute Gasteiger partial charge is 0.320 e. The highest BCUT2D eigenvalue weighted by atomic mass is 35.5. The molecule has 0 unspecified atom stereocenters. The minimum absolute atomic E-state index is 0.193. The van der Waals surface area contributed by atoms with Crippen molar-refractivity contribution in [2.45, 2.75) is 24.6 Å². The van der Waals surface area contributed by atoms with Gasteiger partial charge in [0.05, 0.1) is 22.3 Å². The van der Waals surface area contributed by atoms with Crippen LogP contribution < -0.4 is 5.73 Å². The fraction of sp³-hybridized carbons (Fsp3) is 0.333. The number of nitrogens with zero attached hydrogens (tertiary/aromatic N) is 2. The Kier molecular flexibility index (Phi) is 2.53. The highest BCUT2D eigenvalue weighted by molar-refractivity contribution is 6.28. The first-order valence-corrected chi connectivity index (χ1v) is 6.02. The van der Waals surface area contributed by atoms with Gasteiger partial charge in [-0.25, -0.2) is 9.97 Å². The summed E-state index contributed by atoms with van der Waals surface area (Å²) in [5, 5.41) is 0.107. The molecule has 1 aromatic heterocycles. The van der Waals surface area contributed by atoms with Crippen molar-refractivity contribution in [3.8, 4) is 0 Å². The van der Waals surface area contributed by atoms with E-state index in [-0.39, 0.29) is 10.8 Å². The van der Waals surface area contributed by atoms with Crippen LogP contribution in [0.2, 0.25) is 5.28 Å². The average Bonchev–Trinajstić information content (AvgIpc) is 3.05. The fourth-order valence-electron chi connectivity index (χ4n) is 2.10. The van der Waals surface area contributed by atoms with Crippen molar-refractivity contribution >= 4 is 22.5 Å². The summed E-state index contributed by atoms with van der Waals surface area (Å²) in [6, 6.07) is 3.85. The molecule has 0 aliphatic heterocycles. The number of rotatable bonds is 1. The maximum Gasteiger partial charge on any atom is 0.418 e. The Labute approximate surface area is 111 Å². The maximum absolute atomic E-state index is 13.0. The van der Waals surface area contributed by atoms with Crippen molar-refractivity contribution in [2.75, 3.05) is 0 Å². The summed E-state index contributed by atoms with van der Waals surface area (Å²) >= 11 is 5.73. The second kappa shape index (κ2) is 3.80. The van der Waals surface area contributed by atoms with Crippen LogP contribution in [0.5, 0.6) is 0 Å². The Hall–Kier alpha value is -1.40. The van der Waals surface area contributed by atoms with Crippen molar-refractivity contribution in [2.24, 2.45) is 5.73 Å². The largest absolute Gasteiger partial charge is 0.418 e. The van der Waals surface area contributed by atoms with Gasteiger partial charge in [-0.1, -0.05) is 12.1 Å². The summed E-state index contributed by atoms with van der Waals surface area (Å²) in [7, 11) is 0. The molecule has 100 valence electrons. The lowest BCUT2D eigenvalue weighted by molar-refractivity contribution is -0.136. The van der Waals surface area contributed by atoms with Crippen LogP contribution in [0.3, 0.4) is 0 Å². The van der Waals surface area contributed by atoms with Crippen LogP contribution in [-0.4, -0.2) is 9.97 Å². The summed E-state index contributed by atoms with van der Waals surface area (Å²) in [6.45, 7) is 0. The van der Waals surface area contributed by atoms with Crippen LogP contribution in [-0.2, 0) is 11.7 Å². The lowest BCUT2D eigenvalue weighted by Crippen LogP contribution is -2.21. The topological polar surface area (TPSA) is 51.8 Å². The number of fused-ring (bicyclic) bond motifs is 1. The number of hydrogen-bond donors (Lipinski definition) is 1. The van der Waals surface area contributed by atoms with Crippen LogP contribution >= 0.6 is 11.6 Å². The van der Waals surface area contributed by atoms with E-state index in [1.54, 1.807) is 6.07 Å². The molecule has 19 heavy (non-hydrogen) atoms. The van der Waals surface area contributed by atoms with Gasteiger partial charge in [-0.15, -0.1) is 0 Å². The fourth-order valence-corrected chi connectivity index (χ4v) is 2.27. The van der Waals surface area contributed by atoms with Gasteiger partial charge in [-0.3, -0.25) is 0 Å². The van der Waals surface area contributed by atoms with Crippen LogP contribution in [0.4, 0.5) is 13.2 Å². The normalized spacial score (nSPS) is 17.7. The molecule has 1 aromatic carbocycles. The van der Waals surface area contributed by atoms with Crippen molar-refractivity contribution in [3.05, 3.63) is 34.7 Å². The molecule has 3 nitrogen and oxygen atoms in total. The van der Waals surface area contributed by atoms with E-state index in [4.69, 9.17) is 17.3 Å². The number of aromatic nitrogens is 2. The van der Waals surface area contributed by atoms with Gasteiger partial charge >= 0.3 is 6.18 Å². The quantitative estimate of drug-likeness (QED) is 0.819. The van der Waals surface area contributed by atoms with E-state index >= 15 is 0 Å². The van der Waals surface area contributed by atoms with Crippen molar-refractivity contribution in [1.82, 2.24) is 9.97 Å². The van der Waals surface area contributed by atoms with Crippen LogP contribution in [0.25, 0.3) is 10.9 Å². The third kappa shape index (κ3) is 2.04. The monoisotopic (exact) mass is 287 g/mol. The molecule has 1 aliphatic carbocycles. The number of para-hydroxylation sites is 1.